The van der Waals surface area contributed by atoms with E-state index < -0.39 is 0 Å². The van der Waals surface area contributed by atoms with Crippen molar-refractivity contribution in [1.29, 1.82) is 0 Å². The van der Waals surface area contributed by atoms with E-state index in [0.29, 0.717) is 10.7 Å². The number of thiocarbonyl (C=S) groups is 1. The van der Waals surface area contributed by atoms with Crippen molar-refractivity contribution < 1.29 is 0 Å². The first-order valence-electron chi connectivity index (χ1n) is 11.3. The van der Waals surface area contributed by atoms with Gasteiger partial charge in [0, 0.05) is 34.2 Å². The first-order valence-corrected chi connectivity index (χ1v) is 12.1. The van der Waals surface area contributed by atoms with Crippen LogP contribution in [0.1, 0.15) is 66.8 Å². The van der Waals surface area contributed by atoms with E-state index >= 15 is 0 Å². The molecule has 3 aromatic carbocycles. The number of aliphatic imine (C=N–C) groups is 1. The molecule has 34 heavy (non-hydrogen) atoms. The van der Waals surface area contributed by atoms with Gasteiger partial charge in [0.2, 0.25) is 0 Å². The van der Waals surface area contributed by atoms with Crippen LogP contribution >= 0.6 is 23.8 Å². The molecule has 0 N–H and O–H groups in total. The van der Waals surface area contributed by atoms with E-state index in [2.05, 4.69) is 64.8 Å². The molecule has 3 aromatic rings. The molecule has 3 heteroatoms. The van der Waals surface area contributed by atoms with Gasteiger partial charge in [0.1, 0.15) is 0 Å². The summed E-state index contributed by atoms with van der Waals surface area (Å²) in [5.74, 6) is 19.2. The van der Waals surface area contributed by atoms with E-state index in [0.717, 1.165) is 34.2 Å². The molecular formula is C31H24ClNS. The molecule has 0 aliphatic heterocycles. The van der Waals surface area contributed by atoms with Crippen LogP contribution in [-0.4, -0.2) is 5.16 Å². The Morgan fingerprint density at radius 3 is 1.68 bits per heavy atom. The van der Waals surface area contributed by atoms with Crippen molar-refractivity contribution >= 4 is 34.7 Å². The average Bonchev–Trinajstić information content (AvgIpc) is 2.86. The van der Waals surface area contributed by atoms with Gasteiger partial charge in [0.05, 0.1) is 15.9 Å². The molecule has 166 valence electrons. The molecule has 0 aromatic heterocycles. The molecule has 0 spiro atoms. The highest BCUT2D eigenvalue weighted by atomic mass is 35.5. The van der Waals surface area contributed by atoms with Gasteiger partial charge in [0.25, 0.3) is 0 Å². The number of hydrogen-bond acceptors (Lipinski definition) is 2. The smallest absolute Gasteiger partial charge is 0.0926 e. The second-order valence-corrected chi connectivity index (χ2v) is 8.23. The third-order valence-electron chi connectivity index (χ3n) is 4.97. The third-order valence-corrected chi connectivity index (χ3v) is 5.37. The van der Waals surface area contributed by atoms with Gasteiger partial charge in [-0.15, -0.1) is 0 Å². The Labute approximate surface area is 213 Å². The van der Waals surface area contributed by atoms with E-state index in [1.165, 1.54) is 25.7 Å². The first kappa shape index (κ1) is 25.1. The lowest BCUT2D eigenvalue weighted by Crippen LogP contribution is -1.80. The highest BCUT2D eigenvalue weighted by Crippen LogP contribution is 2.25. The molecule has 0 aliphatic rings. The number of benzene rings is 3. The quantitative estimate of drug-likeness (QED) is 0.156. The minimum atomic E-state index is 0.497. The Morgan fingerprint density at radius 1 is 0.676 bits per heavy atom. The van der Waals surface area contributed by atoms with Gasteiger partial charge in [-0.25, -0.2) is 0 Å². The fraction of sp³-hybridized carbons (Fsp3) is 0.194. The predicted molar refractivity (Wildman–Crippen MR) is 147 cm³/mol. The molecule has 1 nitrogen and oxygen atoms in total. The van der Waals surface area contributed by atoms with E-state index in [4.69, 9.17) is 11.6 Å². The van der Waals surface area contributed by atoms with Gasteiger partial charge in [-0.3, -0.25) is 0 Å². The van der Waals surface area contributed by atoms with Crippen LogP contribution in [0, 0.1) is 35.5 Å². The van der Waals surface area contributed by atoms with Crippen molar-refractivity contribution in [2.24, 2.45) is 4.99 Å². The van der Waals surface area contributed by atoms with E-state index in [-0.39, 0.29) is 0 Å². The number of halogens is 1. The molecule has 0 saturated carbocycles. The van der Waals surface area contributed by atoms with Gasteiger partial charge in [-0.2, -0.15) is 4.99 Å². The number of hydrogen-bond donors (Lipinski definition) is 0. The maximum Gasteiger partial charge on any atom is 0.0926 e. The Hall–Kier alpha value is -3.57. The summed E-state index contributed by atoms with van der Waals surface area (Å²) in [6.45, 7) is 2.22. The number of nitrogens with zero attached hydrogens (tertiary/aromatic N) is 1. The second-order valence-electron chi connectivity index (χ2n) is 7.64. The SMILES string of the molecule is CCCCCCC#Cc1ccc(C#Cc2ccc(C#Cc3ccc(N=C=S)c(Cl)c3)cc2)cc1. The first-order chi connectivity index (χ1) is 16.7. The third kappa shape index (κ3) is 8.41. The highest BCUT2D eigenvalue weighted by molar-refractivity contribution is 7.78. The molecule has 0 fully saturated rings. The van der Waals surface area contributed by atoms with E-state index in [9.17, 15) is 0 Å². The van der Waals surface area contributed by atoms with E-state index in [1.807, 2.05) is 54.6 Å². The molecule has 0 saturated heterocycles. The molecular weight excluding hydrogens is 454 g/mol. The summed E-state index contributed by atoms with van der Waals surface area (Å²) in [5.41, 5.74) is 5.24. The van der Waals surface area contributed by atoms with Crippen molar-refractivity contribution in [3.05, 3.63) is 99.6 Å². The molecule has 3 rings (SSSR count). The zero-order valence-electron chi connectivity index (χ0n) is 19.1. The highest BCUT2D eigenvalue weighted by Gasteiger charge is 1.98. The maximum absolute atomic E-state index is 6.18. The van der Waals surface area contributed by atoms with Crippen LogP contribution in [0.15, 0.2) is 71.7 Å². The molecule has 0 bridgehead atoms. The molecule has 0 amide bonds. The Bertz CT molecular complexity index is 1350. The maximum atomic E-state index is 6.18. The predicted octanol–water partition coefficient (Wildman–Crippen LogP) is 8.20. The zero-order valence-corrected chi connectivity index (χ0v) is 20.7. The summed E-state index contributed by atoms with van der Waals surface area (Å²) in [6, 6.07) is 21.4. The lowest BCUT2D eigenvalue weighted by atomic mass is 10.1. The van der Waals surface area contributed by atoms with Crippen molar-refractivity contribution in [3.8, 4) is 35.5 Å². The minimum Gasteiger partial charge on any atom is -0.193 e. The van der Waals surface area contributed by atoms with Gasteiger partial charge in [-0.05, 0) is 85.4 Å². The minimum absolute atomic E-state index is 0.497. The molecule has 0 aliphatic carbocycles. The van der Waals surface area contributed by atoms with Crippen molar-refractivity contribution in [1.82, 2.24) is 0 Å². The topological polar surface area (TPSA) is 12.4 Å². The van der Waals surface area contributed by atoms with Crippen molar-refractivity contribution in [3.63, 3.8) is 0 Å². The number of isothiocyanates is 1. The van der Waals surface area contributed by atoms with E-state index in [1.54, 1.807) is 12.1 Å². The summed E-state index contributed by atoms with van der Waals surface area (Å²) < 4.78 is 0. The Kier molecular flexibility index (Phi) is 10.2. The Balaban J connectivity index is 1.58. The fourth-order valence-electron chi connectivity index (χ4n) is 3.09. The molecule has 0 atom stereocenters. The number of unbranched alkanes of at least 4 members (excludes halogenated alkanes) is 4. The standard InChI is InChI=1S/C31H24ClNS/c1-2-3-4-5-6-7-8-25-9-11-26(12-10-25)13-14-27-15-17-28(18-16-27)19-20-29-21-22-31(33-24-34)30(32)23-29/h9-12,15-18,21-23H,2-6H2,1H3. The number of rotatable bonds is 5. The summed E-state index contributed by atoms with van der Waals surface area (Å²) >= 11 is 10.8. The lowest BCUT2D eigenvalue weighted by Gasteiger charge is -1.97. The largest absolute Gasteiger partial charge is 0.193 e. The summed E-state index contributed by atoms with van der Waals surface area (Å²) in [5, 5.41) is 2.81. The average molecular weight is 478 g/mol. The Morgan fingerprint density at radius 2 is 1.18 bits per heavy atom. The van der Waals surface area contributed by atoms with Crippen LogP contribution in [0.3, 0.4) is 0 Å². The van der Waals surface area contributed by atoms with Crippen LogP contribution in [0.5, 0.6) is 0 Å². The fourth-order valence-corrected chi connectivity index (χ4v) is 3.41. The molecule has 0 unspecified atom stereocenters. The van der Waals surface area contributed by atoms with Crippen LogP contribution in [0.25, 0.3) is 0 Å². The summed E-state index contributed by atoms with van der Waals surface area (Å²) in [6.07, 6.45) is 5.96. The van der Waals surface area contributed by atoms with Gasteiger partial charge in [0.15, 0.2) is 0 Å². The second kappa shape index (κ2) is 13.9. The van der Waals surface area contributed by atoms with Crippen LogP contribution < -0.4 is 0 Å². The summed E-state index contributed by atoms with van der Waals surface area (Å²) in [7, 11) is 0. The van der Waals surface area contributed by atoms with Gasteiger partial charge >= 0.3 is 0 Å². The van der Waals surface area contributed by atoms with Gasteiger partial charge < -0.3 is 0 Å². The summed E-state index contributed by atoms with van der Waals surface area (Å²) in [4.78, 5) is 3.91. The monoisotopic (exact) mass is 477 g/mol. The zero-order chi connectivity index (χ0) is 24.0. The normalized spacial score (nSPS) is 9.35. The van der Waals surface area contributed by atoms with Gasteiger partial charge in [-0.1, -0.05) is 73.3 Å². The van der Waals surface area contributed by atoms with Crippen LogP contribution in [0.4, 0.5) is 5.69 Å². The van der Waals surface area contributed by atoms with Crippen LogP contribution in [0.2, 0.25) is 5.02 Å². The lowest BCUT2D eigenvalue weighted by molar-refractivity contribution is 0.679. The van der Waals surface area contributed by atoms with Crippen LogP contribution in [-0.2, 0) is 0 Å². The molecule has 0 radical (unpaired) electrons. The van der Waals surface area contributed by atoms with Crippen molar-refractivity contribution in [2.45, 2.75) is 39.0 Å². The van der Waals surface area contributed by atoms with Crippen molar-refractivity contribution in [2.75, 3.05) is 0 Å². The molecule has 0 heterocycles.